The lowest BCUT2D eigenvalue weighted by atomic mass is 9.45. The molecule has 6 rings (SSSR count). The van der Waals surface area contributed by atoms with Crippen LogP contribution in [0.3, 0.4) is 0 Å². The Labute approximate surface area is 203 Å². The molecule has 2 aliphatic heterocycles. The van der Waals surface area contributed by atoms with Gasteiger partial charge in [-0.25, -0.2) is 0 Å². The highest BCUT2D eigenvalue weighted by Gasteiger charge is 2.66. The first-order valence-corrected chi connectivity index (χ1v) is 13.5. The molecule has 5 heteroatoms. The molecule has 4 aliphatic carbocycles. The zero-order chi connectivity index (χ0) is 24.1. The van der Waals surface area contributed by atoms with Crippen molar-refractivity contribution in [3.63, 3.8) is 0 Å². The van der Waals surface area contributed by atoms with Crippen LogP contribution in [0.25, 0.3) is 0 Å². The Morgan fingerprint density at radius 3 is 2.53 bits per heavy atom. The monoisotopic (exact) mass is 468 g/mol. The van der Waals surface area contributed by atoms with Gasteiger partial charge < -0.3 is 14.2 Å². The first-order valence-electron chi connectivity index (χ1n) is 13.5. The van der Waals surface area contributed by atoms with Gasteiger partial charge in [0.25, 0.3) is 0 Å². The summed E-state index contributed by atoms with van der Waals surface area (Å²) >= 11 is 0. The van der Waals surface area contributed by atoms with Crippen molar-refractivity contribution >= 4 is 11.8 Å². The second kappa shape index (κ2) is 7.29. The van der Waals surface area contributed by atoms with E-state index in [1.54, 1.807) is 0 Å². The van der Waals surface area contributed by atoms with Crippen LogP contribution >= 0.6 is 0 Å². The summed E-state index contributed by atoms with van der Waals surface area (Å²) in [7, 11) is 0. The smallest absolute Gasteiger partial charge is 0.302 e. The summed E-state index contributed by atoms with van der Waals surface area (Å²) in [4.78, 5) is 25.7. The molecule has 5 nitrogen and oxygen atoms in total. The lowest BCUT2D eigenvalue weighted by Crippen LogP contribution is -2.60. The minimum Gasteiger partial charge on any atom is -0.463 e. The fourth-order valence-electron chi connectivity index (χ4n) is 9.02. The lowest BCUT2D eigenvalue weighted by molar-refractivity contribution is -0.286. The number of carbonyl (C=O) groups is 2. The molecule has 8 atom stereocenters. The maximum absolute atomic E-state index is 14.1. The topological polar surface area (TPSA) is 61.8 Å². The summed E-state index contributed by atoms with van der Waals surface area (Å²) < 4.78 is 18.7. The molecule has 0 aromatic carbocycles. The van der Waals surface area contributed by atoms with Crippen molar-refractivity contribution in [2.45, 2.75) is 103 Å². The van der Waals surface area contributed by atoms with E-state index in [1.165, 1.54) is 18.1 Å². The van der Waals surface area contributed by atoms with E-state index >= 15 is 0 Å². The highest BCUT2D eigenvalue weighted by Crippen LogP contribution is 2.67. The SMILES string of the molecule is CC(=O)O[C@H]1CC[C@@]2(C)[C@@H](CC[C@H]3C4=CC=C5[C@H](C)[C@@]6(CCC(C)(C)O6)OC[C@]45C(=O)C[C@@H]32)C1. The molecule has 5 fully saturated rings. The molecule has 0 N–H and O–H groups in total. The Kier molecular flexibility index (Phi) is 4.92. The largest absolute Gasteiger partial charge is 0.463 e. The summed E-state index contributed by atoms with van der Waals surface area (Å²) in [5.74, 6) is 0.973. The number of esters is 1. The van der Waals surface area contributed by atoms with Crippen molar-refractivity contribution in [2.75, 3.05) is 6.61 Å². The summed E-state index contributed by atoms with van der Waals surface area (Å²) in [6, 6.07) is 0. The molecule has 0 aromatic rings. The molecular formula is C29H40O5. The standard InChI is InChI=1S/C29H40O5/c1-17-22-8-9-23-21-7-6-19-14-20(33-18(2)30)10-11-27(19,5)24(21)15-25(31)28(22,23)16-32-29(17)13-12-26(3,4)34-29/h8-9,17,19-21,24H,6-7,10-16H2,1-5H3/t17-,19-,20-,21-,24-,27-,28+,29-/m0/s1. The van der Waals surface area contributed by atoms with Gasteiger partial charge in [0.15, 0.2) is 5.79 Å². The molecule has 6 aliphatic rings. The number of hydrogen-bond donors (Lipinski definition) is 0. The second-order valence-corrected chi connectivity index (χ2v) is 13.0. The number of allylic oxidation sites excluding steroid dienone is 2. The third-order valence-electron chi connectivity index (χ3n) is 10.9. The molecule has 34 heavy (non-hydrogen) atoms. The van der Waals surface area contributed by atoms with Crippen LogP contribution in [0.1, 0.15) is 86.0 Å². The van der Waals surface area contributed by atoms with Gasteiger partial charge in [0.05, 0.1) is 17.6 Å². The second-order valence-electron chi connectivity index (χ2n) is 13.0. The quantitative estimate of drug-likeness (QED) is 0.474. The van der Waals surface area contributed by atoms with Crippen molar-refractivity contribution in [1.29, 1.82) is 0 Å². The fourth-order valence-corrected chi connectivity index (χ4v) is 9.02. The molecule has 0 radical (unpaired) electrons. The molecule has 0 unspecified atom stereocenters. The van der Waals surface area contributed by atoms with Gasteiger partial charge in [0.1, 0.15) is 11.9 Å². The lowest BCUT2D eigenvalue weighted by Gasteiger charge is -2.60. The molecular weight excluding hydrogens is 428 g/mol. The highest BCUT2D eigenvalue weighted by atomic mass is 16.7. The van der Waals surface area contributed by atoms with Gasteiger partial charge in [-0.2, -0.15) is 0 Å². The van der Waals surface area contributed by atoms with E-state index in [2.05, 4.69) is 39.8 Å². The Morgan fingerprint density at radius 2 is 1.82 bits per heavy atom. The average Bonchev–Trinajstić information content (AvgIpc) is 3.31. The molecule has 0 bridgehead atoms. The van der Waals surface area contributed by atoms with Gasteiger partial charge in [-0.3, -0.25) is 9.59 Å². The van der Waals surface area contributed by atoms with Gasteiger partial charge in [-0.15, -0.1) is 0 Å². The maximum Gasteiger partial charge on any atom is 0.302 e. The molecule has 0 amide bonds. The fraction of sp³-hybridized carbons (Fsp3) is 0.793. The molecule has 3 saturated carbocycles. The van der Waals surface area contributed by atoms with E-state index in [0.29, 0.717) is 36.6 Å². The van der Waals surface area contributed by atoms with Crippen molar-refractivity contribution in [3.8, 4) is 0 Å². The molecule has 0 aromatic heterocycles. The third kappa shape index (κ3) is 2.98. The Hall–Kier alpha value is -1.46. The van der Waals surface area contributed by atoms with E-state index < -0.39 is 11.2 Å². The zero-order valence-electron chi connectivity index (χ0n) is 21.4. The number of ether oxygens (including phenoxy) is 3. The Bertz CT molecular complexity index is 992. The minimum atomic E-state index is -0.597. The van der Waals surface area contributed by atoms with Gasteiger partial charge >= 0.3 is 5.97 Å². The predicted molar refractivity (Wildman–Crippen MR) is 128 cm³/mol. The minimum absolute atomic E-state index is 0.0381. The van der Waals surface area contributed by atoms with Crippen molar-refractivity contribution < 1.29 is 23.8 Å². The Balaban J connectivity index is 1.27. The first-order chi connectivity index (χ1) is 16.0. The van der Waals surface area contributed by atoms with Crippen LogP contribution in [0.2, 0.25) is 0 Å². The first kappa shape index (κ1) is 23.0. The van der Waals surface area contributed by atoms with Crippen molar-refractivity contribution in [2.24, 2.45) is 34.5 Å². The van der Waals surface area contributed by atoms with E-state index in [9.17, 15) is 9.59 Å². The number of ketones is 1. The van der Waals surface area contributed by atoms with E-state index in [4.69, 9.17) is 14.2 Å². The van der Waals surface area contributed by atoms with Crippen molar-refractivity contribution in [1.82, 2.24) is 0 Å². The van der Waals surface area contributed by atoms with Crippen molar-refractivity contribution in [3.05, 3.63) is 23.3 Å². The van der Waals surface area contributed by atoms with Crippen LogP contribution in [0, 0.1) is 34.5 Å². The number of carbonyl (C=O) groups excluding carboxylic acids is 2. The van der Waals surface area contributed by atoms with E-state index in [-0.39, 0.29) is 29.0 Å². The van der Waals surface area contributed by atoms with Crippen LogP contribution in [-0.2, 0) is 23.8 Å². The number of Topliss-reactive ketones (excluding diaryl/α,β-unsaturated/α-hetero) is 1. The number of rotatable bonds is 1. The summed E-state index contributed by atoms with van der Waals surface area (Å²) in [6.45, 7) is 10.8. The van der Waals surface area contributed by atoms with Crippen LogP contribution < -0.4 is 0 Å². The van der Waals surface area contributed by atoms with Crippen LogP contribution in [-0.4, -0.2) is 35.9 Å². The maximum atomic E-state index is 14.1. The van der Waals surface area contributed by atoms with Gasteiger partial charge in [0, 0.05) is 25.7 Å². The summed E-state index contributed by atoms with van der Waals surface area (Å²) in [6.07, 6.45) is 12.2. The Morgan fingerprint density at radius 1 is 1.06 bits per heavy atom. The van der Waals surface area contributed by atoms with Crippen LogP contribution in [0.5, 0.6) is 0 Å². The number of fused-ring (bicyclic) bond motifs is 4. The zero-order valence-corrected chi connectivity index (χ0v) is 21.4. The van der Waals surface area contributed by atoms with Crippen LogP contribution in [0.15, 0.2) is 23.3 Å². The molecule has 2 saturated heterocycles. The summed E-state index contributed by atoms with van der Waals surface area (Å²) in [5.41, 5.74) is 1.93. The van der Waals surface area contributed by atoms with E-state index in [1.807, 2.05) is 0 Å². The van der Waals surface area contributed by atoms with Gasteiger partial charge in [-0.1, -0.05) is 26.0 Å². The van der Waals surface area contributed by atoms with Gasteiger partial charge in [-0.05, 0) is 86.7 Å². The summed E-state index contributed by atoms with van der Waals surface area (Å²) in [5, 5.41) is 0. The average molecular weight is 469 g/mol. The molecule has 2 heterocycles. The predicted octanol–water partition coefficient (Wildman–Crippen LogP) is 5.53. The molecule has 2 spiro atoms. The normalized spacial score (nSPS) is 48.9. The molecule has 186 valence electrons. The number of hydrogen-bond acceptors (Lipinski definition) is 5. The van der Waals surface area contributed by atoms with Gasteiger partial charge in [0.2, 0.25) is 0 Å². The van der Waals surface area contributed by atoms with E-state index in [0.717, 1.165) is 44.9 Å². The third-order valence-corrected chi connectivity index (χ3v) is 10.9. The van der Waals surface area contributed by atoms with Crippen LogP contribution in [0.4, 0.5) is 0 Å². The highest BCUT2D eigenvalue weighted by molar-refractivity contribution is 5.95.